The van der Waals surface area contributed by atoms with Crippen LogP contribution in [-0.2, 0) is 9.53 Å². The Morgan fingerprint density at radius 2 is 1.88 bits per heavy atom. The van der Waals surface area contributed by atoms with Crippen molar-refractivity contribution >= 4 is 23.3 Å². The molecule has 7 nitrogen and oxygen atoms in total. The van der Waals surface area contributed by atoms with Gasteiger partial charge in [-0.05, 0) is 36.8 Å². The normalized spacial score (nSPS) is 11.3. The summed E-state index contributed by atoms with van der Waals surface area (Å²) in [6.45, 7) is 1.75. The molecule has 1 atom stereocenters. The first kappa shape index (κ1) is 19.1. The van der Waals surface area contributed by atoms with Crippen molar-refractivity contribution in [3.63, 3.8) is 0 Å². The molecule has 2 aromatic carbocycles. The first-order valence-corrected chi connectivity index (χ1v) is 8.07. The summed E-state index contributed by atoms with van der Waals surface area (Å²) in [5, 5.41) is 2.71. The van der Waals surface area contributed by atoms with Crippen LogP contribution in [0, 0.1) is 0 Å². The number of ether oxygens (including phenoxy) is 3. The molecule has 0 spiro atoms. The van der Waals surface area contributed by atoms with Crippen molar-refractivity contribution in [2.45, 2.75) is 19.4 Å². The summed E-state index contributed by atoms with van der Waals surface area (Å²) in [5.74, 6) is -0.0460. The van der Waals surface area contributed by atoms with Gasteiger partial charge in [-0.3, -0.25) is 4.79 Å². The van der Waals surface area contributed by atoms with Crippen LogP contribution >= 0.6 is 0 Å². The fraction of sp³-hybridized carbons (Fsp3) is 0.263. The molecule has 2 rings (SSSR count). The summed E-state index contributed by atoms with van der Waals surface area (Å²) in [7, 11) is 3.02. The molecule has 0 bridgehead atoms. The summed E-state index contributed by atoms with van der Waals surface area (Å²) in [6.07, 6.45) is -0.647. The largest absolute Gasteiger partial charge is 0.497 e. The second kappa shape index (κ2) is 8.75. The van der Waals surface area contributed by atoms with Gasteiger partial charge in [0.2, 0.25) is 0 Å². The quantitative estimate of drug-likeness (QED) is 0.583. The van der Waals surface area contributed by atoms with Gasteiger partial charge in [0, 0.05) is 11.8 Å². The van der Waals surface area contributed by atoms with Gasteiger partial charge in [0.05, 0.1) is 25.5 Å². The van der Waals surface area contributed by atoms with Crippen molar-refractivity contribution in [1.82, 2.24) is 0 Å². The summed E-state index contributed by atoms with van der Waals surface area (Å²) in [4.78, 5) is 24.8. The summed E-state index contributed by atoms with van der Waals surface area (Å²) < 4.78 is 15.7. The highest BCUT2D eigenvalue weighted by atomic mass is 16.5. The molecule has 0 aliphatic carbocycles. The van der Waals surface area contributed by atoms with Crippen molar-refractivity contribution < 1.29 is 23.8 Å². The first-order chi connectivity index (χ1) is 12.5. The number of amides is 1. The number of nitrogens with one attached hydrogen (secondary N) is 1. The molecular formula is C19H22N2O5. The van der Waals surface area contributed by atoms with E-state index in [1.54, 1.807) is 43.3 Å². The molecule has 2 aromatic rings. The van der Waals surface area contributed by atoms with Gasteiger partial charge in [-0.25, -0.2) is 4.79 Å². The van der Waals surface area contributed by atoms with Crippen molar-refractivity contribution in [1.29, 1.82) is 0 Å². The van der Waals surface area contributed by atoms with Gasteiger partial charge in [0.25, 0.3) is 5.91 Å². The van der Waals surface area contributed by atoms with E-state index in [0.29, 0.717) is 29.3 Å². The fourth-order valence-corrected chi connectivity index (χ4v) is 2.31. The number of carbonyl (C=O) groups is 2. The number of hydrogen-bond donors (Lipinski definition) is 2. The van der Waals surface area contributed by atoms with Crippen molar-refractivity contribution in [2.24, 2.45) is 0 Å². The van der Waals surface area contributed by atoms with E-state index in [2.05, 4.69) is 5.32 Å². The number of nitrogens with two attached hydrogens (primary N) is 1. The van der Waals surface area contributed by atoms with E-state index in [9.17, 15) is 9.59 Å². The maximum absolute atomic E-state index is 12.5. The number of methoxy groups -OCH3 is 2. The molecule has 0 aliphatic heterocycles. The molecule has 1 unspecified atom stereocenters. The van der Waals surface area contributed by atoms with E-state index in [0.717, 1.165) is 0 Å². The van der Waals surface area contributed by atoms with Gasteiger partial charge in [-0.15, -0.1) is 0 Å². The van der Waals surface area contributed by atoms with E-state index in [-0.39, 0.29) is 5.56 Å². The average molecular weight is 358 g/mol. The molecule has 3 N–H and O–H groups in total. The van der Waals surface area contributed by atoms with E-state index >= 15 is 0 Å². The average Bonchev–Trinajstić information content (AvgIpc) is 2.65. The van der Waals surface area contributed by atoms with E-state index in [1.165, 1.54) is 20.3 Å². The minimum Gasteiger partial charge on any atom is -0.497 e. The lowest BCUT2D eigenvalue weighted by Crippen LogP contribution is -2.32. The highest BCUT2D eigenvalue weighted by Crippen LogP contribution is 2.29. The maximum Gasteiger partial charge on any atom is 0.338 e. The Bertz CT molecular complexity index is 791. The van der Waals surface area contributed by atoms with Crippen molar-refractivity contribution in [2.75, 3.05) is 25.3 Å². The summed E-state index contributed by atoms with van der Waals surface area (Å²) in [5.41, 5.74) is 6.82. The van der Waals surface area contributed by atoms with Crippen LogP contribution in [0.15, 0.2) is 42.5 Å². The summed E-state index contributed by atoms with van der Waals surface area (Å²) in [6, 6.07) is 11.4. The standard InChI is InChI=1S/C19H22N2O5/c1-4-16(26-19(23)12-6-5-7-13(20)10-12)18(22)21-15-11-14(24-2)8-9-17(15)25-3/h5-11,16H,4,20H2,1-3H3,(H,21,22). The zero-order valence-corrected chi connectivity index (χ0v) is 14.9. The van der Waals surface area contributed by atoms with Gasteiger partial charge in [-0.2, -0.15) is 0 Å². The number of hydrogen-bond acceptors (Lipinski definition) is 6. The Morgan fingerprint density at radius 1 is 1.12 bits per heavy atom. The van der Waals surface area contributed by atoms with Crippen LogP contribution in [0.4, 0.5) is 11.4 Å². The molecule has 7 heteroatoms. The minimum absolute atomic E-state index is 0.287. The fourth-order valence-electron chi connectivity index (χ4n) is 2.31. The highest BCUT2D eigenvalue weighted by Gasteiger charge is 2.23. The van der Waals surface area contributed by atoms with Crippen molar-refractivity contribution in [3.8, 4) is 11.5 Å². The van der Waals surface area contributed by atoms with E-state index < -0.39 is 18.0 Å². The third kappa shape index (κ3) is 4.66. The topological polar surface area (TPSA) is 99.9 Å². The molecule has 0 radical (unpaired) electrons. The SMILES string of the molecule is CCC(OC(=O)c1cccc(N)c1)C(=O)Nc1cc(OC)ccc1OC. The van der Waals surface area contributed by atoms with E-state index in [1.807, 2.05) is 0 Å². The third-order valence-corrected chi connectivity index (χ3v) is 3.70. The lowest BCUT2D eigenvalue weighted by Gasteiger charge is -2.18. The Kier molecular flexibility index (Phi) is 6.43. The zero-order chi connectivity index (χ0) is 19.1. The Morgan fingerprint density at radius 3 is 2.50 bits per heavy atom. The molecular weight excluding hydrogens is 336 g/mol. The van der Waals surface area contributed by atoms with Gasteiger partial charge in [-0.1, -0.05) is 13.0 Å². The van der Waals surface area contributed by atoms with E-state index in [4.69, 9.17) is 19.9 Å². The molecule has 1 amide bonds. The number of carbonyl (C=O) groups excluding carboxylic acids is 2. The number of anilines is 2. The summed E-state index contributed by atoms with van der Waals surface area (Å²) >= 11 is 0. The van der Waals surface area contributed by atoms with Crippen molar-refractivity contribution in [3.05, 3.63) is 48.0 Å². The molecule has 0 saturated carbocycles. The van der Waals surface area contributed by atoms with Crippen LogP contribution in [0.5, 0.6) is 11.5 Å². The van der Waals surface area contributed by atoms with Gasteiger partial charge < -0.3 is 25.3 Å². The molecule has 0 aromatic heterocycles. The Balaban J connectivity index is 2.12. The predicted octanol–water partition coefficient (Wildman–Crippen LogP) is 2.86. The number of nitrogen functional groups attached to an aromatic ring is 1. The number of rotatable bonds is 7. The van der Waals surface area contributed by atoms with Gasteiger partial charge in [0.1, 0.15) is 11.5 Å². The smallest absolute Gasteiger partial charge is 0.338 e. The highest BCUT2D eigenvalue weighted by molar-refractivity contribution is 5.98. The second-order valence-corrected chi connectivity index (χ2v) is 5.48. The van der Waals surface area contributed by atoms with Crippen LogP contribution in [0.1, 0.15) is 23.7 Å². The molecule has 0 aliphatic rings. The number of esters is 1. The molecule has 0 saturated heterocycles. The van der Waals surface area contributed by atoms with Gasteiger partial charge >= 0.3 is 5.97 Å². The zero-order valence-electron chi connectivity index (χ0n) is 14.9. The lowest BCUT2D eigenvalue weighted by molar-refractivity contribution is -0.124. The van der Waals surface area contributed by atoms with Crippen LogP contribution < -0.4 is 20.5 Å². The Hall–Kier alpha value is -3.22. The van der Waals surface area contributed by atoms with Gasteiger partial charge in [0.15, 0.2) is 6.10 Å². The number of benzene rings is 2. The molecule has 0 fully saturated rings. The van der Waals surface area contributed by atoms with Crippen LogP contribution in [0.2, 0.25) is 0 Å². The minimum atomic E-state index is -0.958. The van der Waals surface area contributed by atoms with Crippen LogP contribution in [0.3, 0.4) is 0 Å². The molecule has 138 valence electrons. The molecule has 26 heavy (non-hydrogen) atoms. The predicted molar refractivity (Wildman–Crippen MR) is 98.5 cm³/mol. The third-order valence-electron chi connectivity index (χ3n) is 3.70. The second-order valence-electron chi connectivity index (χ2n) is 5.48. The van der Waals surface area contributed by atoms with Crippen LogP contribution in [-0.4, -0.2) is 32.2 Å². The maximum atomic E-state index is 12.5. The Labute approximate surface area is 152 Å². The lowest BCUT2D eigenvalue weighted by atomic mass is 10.2. The monoisotopic (exact) mass is 358 g/mol. The molecule has 0 heterocycles. The first-order valence-electron chi connectivity index (χ1n) is 8.07. The van der Waals surface area contributed by atoms with Crippen LogP contribution in [0.25, 0.3) is 0 Å².